The van der Waals surface area contributed by atoms with Gasteiger partial charge in [0.15, 0.2) is 5.96 Å². The van der Waals surface area contributed by atoms with Crippen molar-refractivity contribution in [3.05, 3.63) is 35.4 Å². The van der Waals surface area contributed by atoms with Crippen LogP contribution in [0.3, 0.4) is 0 Å². The van der Waals surface area contributed by atoms with Gasteiger partial charge in [0.25, 0.3) is 5.91 Å². The number of rotatable bonds is 6. The van der Waals surface area contributed by atoms with Crippen molar-refractivity contribution in [2.45, 2.75) is 46.1 Å². The summed E-state index contributed by atoms with van der Waals surface area (Å²) in [6, 6.07) is 7.67. The summed E-state index contributed by atoms with van der Waals surface area (Å²) in [5.74, 6) is 2.52. The first-order valence-corrected chi connectivity index (χ1v) is 9.84. The van der Waals surface area contributed by atoms with E-state index in [0.29, 0.717) is 12.1 Å². The van der Waals surface area contributed by atoms with Crippen molar-refractivity contribution in [3.8, 4) is 0 Å². The van der Waals surface area contributed by atoms with E-state index < -0.39 is 0 Å². The minimum Gasteiger partial charge on any atom is -0.357 e. The second-order valence-electron chi connectivity index (χ2n) is 7.46. The van der Waals surface area contributed by atoms with Crippen molar-refractivity contribution in [3.63, 3.8) is 0 Å². The Bertz CT molecular complexity index is 612. The van der Waals surface area contributed by atoms with E-state index in [1.54, 1.807) is 7.05 Å². The summed E-state index contributed by atoms with van der Waals surface area (Å²) in [5, 5.41) is 6.06. The minimum atomic E-state index is -0.0635. The maximum atomic E-state index is 11.8. The molecule has 0 radical (unpaired) electrons. The maximum absolute atomic E-state index is 11.8. The lowest BCUT2D eigenvalue weighted by Crippen LogP contribution is -2.41. The Morgan fingerprint density at radius 2 is 1.96 bits per heavy atom. The van der Waals surface area contributed by atoms with Crippen LogP contribution in [0.1, 0.15) is 55.5 Å². The molecule has 0 atom stereocenters. The predicted molar refractivity (Wildman–Crippen MR) is 124 cm³/mol. The maximum Gasteiger partial charge on any atom is 0.251 e. The number of carbonyl (C=O) groups excluding carboxylic acids is 1. The Morgan fingerprint density at radius 1 is 1.26 bits per heavy atom. The smallest absolute Gasteiger partial charge is 0.251 e. The molecule has 0 heterocycles. The summed E-state index contributed by atoms with van der Waals surface area (Å²) in [5.41, 5.74) is 1.72. The molecule has 0 aliphatic heterocycles. The zero-order chi connectivity index (χ0) is 18.9. The van der Waals surface area contributed by atoms with Crippen LogP contribution >= 0.6 is 24.0 Å². The summed E-state index contributed by atoms with van der Waals surface area (Å²) in [7, 11) is 3.78. The molecule has 1 aromatic rings. The molecule has 1 aromatic carbocycles. The lowest BCUT2D eigenvalue weighted by atomic mass is 9.83. The number of guanidine groups is 1. The molecule has 27 heavy (non-hydrogen) atoms. The number of benzene rings is 1. The molecule has 0 aromatic heterocycles. The van der Waals surface area contributed by atoms with Crippen LogP contribution in [0, 0.1) is 11.8 Å². The lowest BCUT2D eigenvalue weighted by molar-refractivity contribution is 0.0963. The topological polar surface area (TPSA) is 56.7 Å². The van der Waals surface area contributed by atoms with E-state index in [-0.39, 0.29) is 29.9 Å². The highest BCUT2D eigenvalue weighted by molar-refractivity contribution is 14.0. The van der Waals surface area contributed by atoms with Crippen LogP contribution in [0.25, 0.3) is 0 Å². The fourth-order valence-electron chi connectivity index (χ4n) is 3.58. The van der Waals surface area contributed by atoms with Crippen molar-refractivity contribution in [1.29, 1.82) is 0 Å². The molecule has 6 heteroatoms. The van der Waals surface area contributed by atoms with Gasteiger partial charge in [-0.2, -0.15) is 0 Å². The van der Waals surface area contributed by atoms with Crippen molar-refractivity contribution in [2.75, 3.05) is 27.2 Å². The molecular formula is C21H35IN4O. The lowest BCUT2D eigenvalue weighted by Gasteiger charge is -2.31. The second kappa shape index (κ2) is 12.2. The fraction of sp³-hybridized carbons (Fsp3) is 0.619. The molecule has 1 aliphatic rings. The molecular weight excluding hydrogens is 451 g/mol. The number of carbonyl (C=O) groups is 1. The quantitative estimate of drug-likeness (QED) is 0.365. The molecule has 2 N–H and O–H groups in total. The van der Waals surface area contributed by atoms with Gasteiger partial charge in [-0.1, -0.05) is 31.9 Å². The molecule has 1 aliphatic carbocycles. The van der Waals surface area contributed by atoms with Crippen LogP contribution in [-0.2, 0) is 6.54 Å². The van der Waals surface area contributed by atoms with Crippen LogP contribution < -0.4 is 10.6 Å². The third-order valence-electron chi connectivity index (χ3n) is 5.19. The zero-order valence-corrected chi connectivity index (χ0v) is 19.5. The molecule has 0 spiro atoms. The van der Waals surface area contributed by atoms with Crippen molar-refractivity contribution >= 4 is 35.8 Å². The standard InChI is InChI=1S/C21H34N4O.HI/c1-5-23-21(25(4)15-17-11-9-16(2)10-12-17)24-14-18-7-6-8-19(13-18)20(26)22-3;/h6-8,13,16-17H,5,9-12,14-15H2,1-4H3,(H,22,26)(H,23,24);1H. The van der Waals surface area contributed by atoms with Gasteiger partial charge in [-0.15, -0.1) is 24.0 Å². The highest BCUT2D eigenvalue weighted by atomic mass is 127. The highest BCUT2D eigenvalue weighted by Crippen LogP contribution is 2.28. The Morgan fingerprint density at radius 3 is 2.59 bits per heavy atom. The van der Waals surface area contributed by atoms with Gasteiger partial charge in [0, 0.05) is 32.7 Å². The van der Waals surface area contributed by atoms with Crippen molar-refractivity contribution < 1.29 is 4.79 Å². The van der Waals surface area contributed by atoms with Gasteiger partial charge in [-0.25, -0.2) is 4.99 Å². The third kappa shape index (κ3) is 7.68. The summed E-state index contributed by atoms with van der Waals surface area (Å²) in [6.45, 7) is 6.93. The molecule has 0 unspecified atom stereocenters. The van der Waals surface area contributed by atoms with E-state index in [9.17, 15) is 4.79 Å². The number of aliphatic imine (C=N–C) groups is 1. The van der Waals surface area contributed by atoms with Crippen LogP contribution in [0.5, 0.6) is 0 Å². The predicted octanol–water partition coefficient (Wildman–Crippen LogP) is 3.89. The first kappa shape index (κ1) is 23.7. The first-order valence-electron chi connectivity index (χ1n) is 9.84. The van der Waals surface area contributed by atoms with Crippen LogP contribution in [-0.4, -0.2) is 44.0 Å². The molecule has 0 bridgehead atoms. The molecule has 1 fully saturated rings. The number of nitrogens with one attached hydrogen (secondary N) is 2. The van der Waals surface area contributed by atoms with Crippen molar-refractivity contribution in [2.24, 2.45) is 16.8 Å². The Hall–Kier alpha value is -1.31. The Balaban J connectivity index is 0.00000364. The monoisotopic (exact) mass is 486 g/mol. The van der Waals surface area contributed by atoms with E-state index >= 15 is 0 Å². The molecule has 1 saturated carbocycles. The van der Waals surface area contributed by atoms with E-state index in [4.69, 9.17) is 4.99 Å². The second-order valence-corrected chi connectivity index (χ2v) is 7.46. The molecule has 2 rings (SSSR count). The SMILES string of the molecule is CCNC(=NCc1cccc(C(=O)NC)c1)N(C)CC1CCC(C)CC1.I. The number of amides is 1. The van der Waals surface area contributed by atoms with Crippen LogP contribution in [0.15, 0.2) is 29.3 Å². The van der Waals surface area contributed by atoms with Crippen LogP contribution in [0.2, 0.25) is 0 Å². The Labute approximate surface area is 181 Å². The van der Waals surface area contributed by atoms with Gasteiger partial charge in [-0.3, -0.25) is 4.79 Å². The minimum absolute atomic E-state index is 0. The summed E-state index contributed by atoms with van der Waals surface area (Å²) in [4.78, 5) is 18.8. The fourth-order valence-corrected chi connectivity index (χ4v) is 3.58. The first-order chi connectivity index (χ1) is 12.5. The number of nitrogens with zero attached hydrogens (tertiary/aromatic N) is 2. The van der Waals surface area contributed by atoms with Gasteiger partial charge < -0.3 is 15.5 Å². The largest absolute Gasteiger partial charge is 0.357 e. The summed E-state index contributed by atoms with van der Waals surface area (Å²) >= 11 is 0. The average molecular weight is 486 g/mol. The number of halogens is 1. The molecule has 5 nitrogen and oxygen atoms in total. The normalized spacial score (nSPS) is 19.8. The van der Waals surface area contributed by atoms with E-state index in [2.05, 4.69) is 36.4 Å². The van der Waals surface area contributed by atoms with Gasteiger partial charge in [-0.05, 0) is 49.3 Å². The van der Waals surface area contributed by atoms with E-state index in [1.165, 1.54) is 25.7 Å². The van der Waals surface area contributed by atoms with Crippen molar-refractivity contribution in [1.82, 2.24) is 15.5 Å². The van der Waals surface area contributed by atoms with Gasteiger partial charge in [0.1, 0.15) is 0 Å². The van der Waals surface area contributed by atoms with Gasteiger partial charge in [0.05, 0.1) is 6.54 Å². The molecule has 152 valence electrons. The van der Waals surface area contributed by atoms with E-state index in [0.717, 1.165) is 36.4 Å². The molecule has 1 amide bonds. The third-order valence-corrected chi connectivity index (χ3v) is 5.19. The van der Waals surface area contributed by atoms with E-state index in [1.807, 2.05) is 24.3 Å². The summed E-state index contributed by atoms with van der Waals surface area (Å²) in [6.07, 6.45) is 5.33. The van der Waals surface area contributed by atoms with Crippen LogP contribution in [0.4, 0.5) is 0 Å². The average Bonchev–Trinajstić information content (AvgIpc) is 2.66. The molecule has 0 saturated heterocycles. The Kier molecular flexibility index (Phi) is 10.7. The summed E-state index contributed by atoms with van der Waals surface area (Å²) < 4.78 is 0. The zero-order valence-electron chi connectivity index (χ0n) is 17.1. The highest BCUT2D eigenvalue weighted by Gasteiger charge is 2.20. The van der Waals surface area contributed by atoms with Gasteiger partial charge in [0.2, 0.25) is 0 Å². The van der Waals surface area contributed by atoms with Gasteiger partial charge >= 0.3 is 0 Å². The number of hydrogen-bond donors (Lipinski definition) is 2. The number of hydrogen-bond acceptors (Lipinski definition) is 2.